The van der Waals surface area contributed by atoms with Crippen molar-refractivity contribution in [2.24, 2.45) is 11.0 Å². The predicted molar refractivity (Wildman–Crippen MR) is 107 cm³/mol. The summed E-state index contributed by atoms with van der Waals surface area (Å²) in [5.74, 6) is 2.02. The quantitative estimate of drug-likeness (QED) is 0.606. The number of nitrogens with one attached hydrogen (secondary N) is 1. The van der Waals surface area contributed by atoms with Crippen LogP contribution in [0.3, 0.4) is 0 Å². The van der Waals surface area contributed by atoms with Gasteiger partial charge in [0.2, 0.25) is 5.75 Å². The molecule has 0 bridgehead atoms. The van der Waals surface area contributed by atoms with Crippen molar-refractivity contribution in [3.63, 3.8) is 0 Å². The molecule has 0 radical (unpaired) electrons. The number of thiophene rings is 1. The van der Waals surface area contributed by atoms with E-state index in [9.17, 15) is 4.79 Å². The molecule has 0 aliphatic heterocycles. The van der Waals surface area contributed by atoms with Crippen molar-refractivity contribution in [2.45, 2.75) is 26.2 Å². The van der Waals surface area contributed by atoms with E-state index in [2.05, 4.69) is 17.5 Å². The topological polar surface area (TPSA) is 69.2 Å². The number of rotatable bonds is 6. The standard InChI is InChI=1S/C20H24N2O4S/c1-12-5-8-16-14(9-12)10-17(27-16)20(23)22-21-11-13-6-7-15(24-2)19(26-4)18(13)25-3/h6-7,10-12H,5,8-9H2,1-4H3,(H,22,23). The first kappa shape index (κ1) is 19.2. The highest BCUT2D eigenvalue weighted by Crippen LogP contribution is 2.39. The second kappa shape index (κ2) is 8.43. The molecule has 1 N–H and O–H groups in total. The van der Waals surface area contributed by atoms with Crippen LogP contribution in [0.1, 0.15) is 39.0 Å². The van der Waals surface area contributed by atoms with Gasteiger partial charge in [-0.3, -0.25) is 4.79 Å². The summed E-state index contributed by atoms with van der Waals surface area (Å²) in [7, 11) is 4.65. The third kappa shape index (κ3) is 4.08. The van der Waals surface area contributed by atoms with Crippen LogP contribution in [0.25, 0.3) is 0 Å². The molecule has 1 aliphatic carbocycles. The Bertz CT molecular complexity index is 860. The summed E-state index contributed by atoms with van der Waals surface area (Å²) < 4.78 is 16.0. The fourth-order valence-electron chi connectivity index (χ4n) is 3.26. The molecule has 1 aromatic heterocycles. The SMILES string of the molecule is COc1ccc(C=NNC(=O)c2cc3c(s2)CCC(C)C3)c(OC)c1OC. The molecular formula is C20H24N2O4S. The van der Waals surface area contributed by atoms with Gasteiger partial charge in [0.05, 0.1) is 32.4 Å². The number of hydrogen-bond donors (Lipinski definition) is 1. The molecule has 0 fully saturated rings. The number of benzene rings is 1. The van der Waals surface area contributed by atoms with E-state index in [1.165, 1.54) is 23.1 Å². The van der Waals surface area contributed by atoms with E-state index in [0.29, 0.717) is 33.6 Å². The average Bonchev–Trinajstić information content (AvgIpc) is 3.10. The van der Waals surface area contributed by atoms with Crippen molar-refractivity contribution in [3.8, 4) is 17.2 Å². The maximum absolute atomic E-state index is 12.4. The van der Waals surface area contributed by atoms with E-state index in [1.807, 2.05) is 6.07 Å². The lowest BCUT2D eigenvalue weighted by Gasteiger charge is -2.16. The maximum atomic E-state index is 12.4. The minimum atomic E-state index is -0.197. The third-order valence-corrected chi connectivity index (χ3v) is 5.89. The Labute approximate surface area is 163 Å². The second-order valence-corrected chi connectivity index (χ2v) is 7.67. The highest BCUT2D eigenvalue weighted by Gasteiger charge is 2.20. The first-order valence-corrected chi connectivity index (χ1v) is 9.63. The van der Waals surface area contributed by atoms with Crippen molar-refractivity contribution in [1.29, 1.82) is 0 Å². The first-order valence-electron chi connectivity index (χ1n) is 8.81. The Balaban J connectivity index is 1.73. The number of carbonyl (C=O) groups is 1. The van der Waals surface area contributed by atoms with Crippen LogP contribution in [0.15, 0.2) is 23.3 Å². The Kier molecular flexibility index (Phi) is 6.01. The van der Waals surface area contributed by atoms with Gasteiger partial charge in [-0.05, 0) is 48.9 Å². The lowest BCUT2D eigenvalue weighted by molar-refractivity contribution is 0.0959. The molecule has 7 heteroatoms. The lowest BCUT2D eigenvalue weighted by Crippen LogP contribution is -2.16. The van der Waals surface area contributed by atoms with Crippen molar-refractivity contribution >= 4 is 23.5 Å². The molecule has 3 rings (SSSR count). The van der Waals surface area contributed by atoms with Crippen LogP contribution in [0.2, 0.25) is 0 Å². The summed E-state index contributed by atoms with van der Waals surface area (Å²) in [6.45, 7) is 2.25. The predicted octanol–water partition coefficient (Wildman–Crippen LogP) is 3.66. The van der Waals surface area contributed by atoms with Crippen LogP contribution in [0.5, 0.6) is 17.2 Å². The molecular weight excluding hydrogens is 364 g/mol. The Morgan fingerprint density at radius 3 is 2.70 bits per heavy atom. The number of methoxy groups -OCH3 is 3. The summed E-state index contributed by atoms with van der Waals surface area (Å²) in [6.07, 6.45) is 4.83. The lowest BCUT2D eigenvalue weighted by atomic mass is 9.90. The van der Waals surface area contributed by atoms with Gasteiger partial charge in [0.15, 0.2) is 11.5 Å². The van der Waals surface area contributed by atoms with Crippen molar-refractivity contribution < 1.29 is 19.0 Å². The smallest absolute Gasteiger partial charge is 0.281 e. The highest BCUT2D eigenvalue weighted by molar-refractivity contribution is 7.14. The molecule has 1 aromatic carbocycles. The molecule has 1 atom stereocenters. The van der Waals surface area contributed by atoms with Gasteiger partial charge in [0.1, 0.15) is 0 Å². The van der Waals surface area contributed by atoms with Crippen LogP contribution in [0.4, 0.5) is 0 Å². The van der Waals surface area contributed by atoms with Gasteiger partial charge < -0.3 is 14.2 Å². The zero-order valence-electron chi connectivity index (χ0n) is 16.0. The van der Waals surface area contributed by atoms with E-state index < -0.39 is 0 Å². The second-order valence-electron chi connectivity index (χ2n) is 6.53. The van der Waals surface area contributed by atoms with E-state index in [-0.39, 0.29) is 5.91 Å². The Morgan fingerprint density at radius 1 is 1.22 bits per heavy atom. The minimum absolute atomic E-state index is 0.197. The molecule has 6 nitrogen and oxygen atoms in total. The molecule has 0 saturated carbocycles. The molecule has 0 spiro atoms. The fourth-order valence-corrected chi connectivity index (χ4v) is 4.36. The van der Waals surface area contributed by atoms with E-state index >= 15 is 0 Å². The largest absolute Gasteiger partial charge is 0.493 e. The molecule has 144 valence electrons. The summed E-state index contributed by atoms with van der Waals surface area (Å²) in [4.78, 5) is 14.4. The minimum Gasteiger partial charge on any atom is -0.493 e. The first-order chi connectivity index (χ1) is 13.1. The number of fused-ring (bicyclic) bond motifs is 1. The summed E-state index contributed by atoms with van der Waals surface area (Å²) in [5, 5.41) is 4.08. The zero-order chi connectivity index (χ0) is 19.4. The average molecular weight is 388 g/mol. The van der Waals surface area contributed by atoms with Gasteiger partial charge in [-0.2, -0.15) is 5.10 Å². The number of hydrazone groups is 1. The number of aryl methyl sites for hydroxylation is 1. The molecule has 1 amide bonds. The van der Waals surface area contributed by atoms with Crippen molar-refractivity contribution in [2.75, 3.05) is 21.3 Å². The Morgan fingerprint density at radius 2 is 2.00 bits per heavy atom. The number of carbonyl (C=O) groups excluding carboxylic acids is 1. The highest BCUT2D eigenvalue weighted by atomic mass is 32.1. The van der Waals surface area contributed by atoms with E-state index in [0.717, 1.165) is 12.8 Å². The number of hydrogen-bond acceptors (Lipinski definition) is 6. The fraction of sp³-hybridized carbons (Fsp3) is 0.400. The van der Waals surface area contributed by atoms with Crippen LogP contribution in [-0.2, 0) is 12.8 Å². The summed E-state index contributed by atoms with van der Waals surface area (Å²) in [5.41, 5.74) is 4.57. The molecule has 0 saturated heterocycles. The molecule has 1 aliphatic rings. The van der Waals surface area contributed by atoms with Crippen molar-refractivity contribution in [1.82, 2.24) is 5.43 Å². The number of nitrogens with zero attached hydrogens (tertiary/aromatic N) is 1. The number of amides is 1. The normalized spacial score (nSPS) is 16.1. The van der Waals surface area contributed by atoms with Crippen molar-refractivity contribution in [3.05, 3.63) is 39.1 Å². The van der Waals surface area contributed by atoms with Crippen LogP contribution >= 0.6 is 11.3 Å². The zero-order valence-corrected chi connectivity index (χ0v) is 16.8. The van der Waals surface area contributed by atoms with Gasteiger partial charge in [0.25, 0.3) is 5.91 Å². The molecule has 1 unspecified atom stereocenters. The van der Waals surface area contributed by atoms with E-state index in [4.69, 9.17) is 14.2 Å². The van der Waals surface area contributed by atoms with Crippen LogP contribution in [-0.4, -0.2) is 33.5 Å². The molecule has 27 heavy (non-hydrogen) atoms. The van der Waals surface area contributed by atoms with Gasteiger partial charge in [-0.1, -0.05) is 6.92 Å². The van der Waals surface area contributed by atoms with Gasteiger partial charge in [-0.25, -0.2) is 5.43 Å². The summed E-state index contributed by atoms with van der Waals surface area (Å²) in [6, 6.07) is 5.55. The molecule has 1 heterocycles. The Hall–Kier alpha value is -2.54. The monoisotopic (exact) mass is 388 g/mol. The maximum Gasteiger partial charge on any atom is 0.281 e. The van der Waals surface area contributed by atoms with Gasteiger partial charge >= 0.3 is 0 Å². The van der Waals surface area contributed by atoms with Gasteiger partial charge in [-0.15, -0.1) is 11.3 Å². The van der Waals surface area contributed by atoms with E-state index in [1.54, 1.807) is 44.8 Å². The molecule has 2 aromatic rings. The van der Waals surface area contributed by atoms with Crippen LogP contribution in [0, 0.1) is 5.92 Å². The van der Waals surface area contributed by atoms with Gasteiger partial charge in [0, 0.05) is 10.4 Å². The summed E-state index contributed by atoms with van der Waals surface area (Å²) >= 11 is 1.56. The third-order valence-electron chi connectivity index (χ3n) is 4.66. The number of ether oxygens (including phenoxy) is 3. The van der Waals surface area contributed by atoms with Crippen LogP contribution < -0.4 is 19.6 Å².